The Morgan fingerprint density at radius 2 is 1.97 bits per heavy atom. The van der Waals surface area contributed by atoms with Gasteiger partial charge in [0.2, 0.25) is 11.1 Å². The summed E-state index contributed by atoms with van der Waals surface area (Å²) in [5, 5.41) is 12.7. The number of aromatic nitrogens is 4. The van der Waals surface area contributed by atoms with Crippen LogP contribution in [0.25, 0.3) is 22.1 Å². The molecule has 0 saturated heterocycles. The third-order valence-electron chi connectivity index (χ3n) is 5.13. The van der Waals surface area contributed by atoms with Crippen LogP contribution in [0.1, 0.15) is 13.8 Å². The molecule has 2 aromatic carbocycles. The highest BCUT2D eigenvalue weighted by Crippen LogP contribution is 2.33. The van der Waals surface area contributed by atoms with Gasteiger partial charge in [-0.25, -0.2) is 4.98 Å². The van der Waals surface area contributed by atoms with Crippen LogP contribution in [-0.4, -0.2) is 44.1 Å². The van der Waals surface area contributed by atoms with Crippen LogP contribution in [0, 0.1) is 0 Å². The minimum absolute atomic E-state index is 0.151. The molecule has 1 amide bonds. The Labute approximate surface area is 183 Å². The lowest BCUT2D eigenvalue weighted by Gasteiger charge is -2.19. The first-order valence-electron chi connectivity index (χ1n) is 10.1. The number of carbonyl (C=O) groups excluding carboxylic acids is 1. The second-order valence-electron chi connectivity index (χ2n) is 7.14. The Kier molecular flexibility index (Phi) is 5.11. The predicted molar refractivity (Wildman–Crippen MR) is 120 cm³/mol. The average Bonchev–Trinajstić information content (AvgIpc) is 3.11. The molecule has 0 aliphatic carbocycles. The van der Waals surface area contributed by atoms with Gasteiger partial charge in [-0.15, -0.1) is 10.2 Å². The molecule has 9 heteroatoms. The standard InChI is InChI=1S/C22H21N5O3S/c1-3-27-16-7-5-4-6-15(16)19-20(27)24-22(26-25-19)31-13(2)21(28)23-14-8-9-17-18(12-14)30-11-10-29-17/h4-9,12-13H,3,10-11H2,1-2H3,(H,23,28). The van der Waals surface area contributed by atoms with Crippen LogP contribution in [-0.2, 0) is 11.3 Å². The summed E-state index contributed by atoms with van der Waals surface area (Å²) in [5.74, 6) is 1.17. The Bertz CT molecular complexity index is 1290. The molecule has 158 valence electrons. The minimum atomic E-state index is -0.410. The van der Waals surface area contributed by atoms with Gasteiger partial charge in [0.25, 0.3) is 0 Å². The number of anilines is 1. The van der Waals surface area contributed by atoms with E-state index in [0.29, 0.717) is 35.6 Å². The Balaban J connectivity index is 1.35. The largest absolute Gasteiger partial charge is 0.486 e. The summed E-state index contributed by atoms with van der Waals surface area (Å²) in [7, 11) is 0. The van der Waals surface area contributed by atoms with E-state index in [9.17, 15) is 4.79 Å². The molecule has 0 bridgehead atoms. The topological polar surface area (TPSA) is 91.2 Å². The highest BCUT2D eigenvalue weighted by molar-refractivity contribution is 8.00. The molecular weight excluding hydrogens is 414 g/mol. The number of aryl methyl sites for hydroxylation is 1. The van der Waals surface area contributed by atoms with Gasteiger partial charge in [0, 0.05) is 23.7 Å². The van der Waals surface area contributed by atoms with Gasteiger partial charge in [-0.3, -0.25) is 4.79 Å². The number of nitrogens with zero attached hydrogens (tertiary/aromatic N) is 4. The van der Waals surface area contributed by atoms with Crippen molar-refractivity contribution in [1.29, 1.82) is 0 Å². The number of rotatable bonds is 5. The molecule has 0 fully saturated rings. The van der Waals surface area contributed by atoms with E-state index in [4.69, 9.17) is 14.5 Å². The first-order chi connectivity index (χ1) is 15.1. The summed E-state index contributed by atoms with van der Waals surface area (Å²) >= 11 is 1.28. The minimum Gasteiger partial charge on any atom is -0.486 e. The van der Waals surface area contributed by atoms with Crippen LogP contribution in [0.5, 0.6) is 11.5 Å². The molecule has 0 spiro atoms. The number of thioether (sulfide) groups is 1. The molecule has 2 aromatic heterocycles. The van der Waals surface area contributed by atoms with Gasteiger partial charge in [-0.2, -0.15) is 0 Å². The molecular formula is C22H21N5O3S. The fraction of sp³-hybridized carbons (Fsp3) is 0.273. The molecule has 1 N–H and O–H groups in total. The fourth-order valence-corrected chi connectivity index (χ4v) is 4.35. The Morgan fingerprint density at radius 1 is 1.16 bits per heavy atom. The quantitative estimate of drug-likeness (QED) is 0.476. The van der Waals surface area contributed by atoms with E-state index in [1.807, 2.05) is 25.1 Å². The van der Waals surface area contributed by atoms with Crippen molar-refractivity contribution in [3.63, 3.8) is 0 Å². The number of carbonyl (C=O) groups is 1. The van der Waals surface area contributed by atoms with E-state index in [1.165, 1.54) is 11.8 Å². The van der Waals surface area contributed by atoms with Crippen molar-refractivity contribution in [2.75, 3.05) is 18.5 Å². The summed E-state index contributed by atoms with van der Waals surface area (Å²) in [6.07, 6.45) is 0. The summed E-state index contributed by atoms with van der Waals surface area (Å²) in [6, 6.07) is 13.4. The highest BCUT2D eigenvalue weighted by atomic mass is 32.2. The average molecular weight is 436 g/mol. The maximum absolute atomic E-state index is 12.7. The first kappa shape index (κ1) is 19.6. The zero-order chi connectivity index (χ0) is 21.4. The molecule has 5 rings (SSSR count). The van der Waals surface area contributed by atoms with E-state index in [1.54, 1.807) is 18.2 Å². The van der Waals surface area contributed by atoms with E-state index in [-0.39, 0.29) is 5.91 Å². The first-order valence-corrected chi connectivity index (χ1v) is 11.0. The number of ether oxygens (including phenoxy) is 2. The number of nitrogens with one attached hydrogen (secondary N) is 1. The van der Waals surface area contributed by atoms with Gasteiger partial charge in [0.1, 0.15) is 18.7 Å². The maximum atomic E-state index is 12.7. The number of hydrogen-bond donors (Lipinski definition) is 1. The third kappa shape index (κ3) is 3.65. The number of para-hydroxylation sites is 1. The van der Waals surface area contributed by atoms with E-state index >= 15 is 0 Å². The van der Waals surface area contributed by atoms with Crippen molar-refractivity contribution in [2.45, 2.75) is 30.8 Å². The van der Waals surface area contributed by atoms with Gasteiger partial charge in [0.15, 0.2) is 17.1 Å². The molecule has 1 aliphatic heterocycles. The smallest absolute Gasteiger partial charge is 0.237 e. The monoisotopic (exact) mass is 435 g/mol. The lowest BCUT2D eigenvalue weighted by Crippen LogP contribution is -2.23. The molecule has 1 unspecified atom stereocenters. The number of benzene rings is 2. The zero-order valence-electron chi connectivity index (χ0n) is 17.2. The Morgan fingerprint density at radius 3 is 2.81 bits per heavy atom. The van der Waals surface area contributed by atoms with Crippen molar-refractivity contribution in [1.82, 2.24) is 19.7 Å². The van der Waals surface area contributed by atoms with Gasteiger partial charge in [0.05, 0.1) is 10.8 Å². The molecule has 3 heterocycles. The van der Waals surface area contributed by atoms with Crippen molar-refractivity contribution < 1.29 is 14.3 Å². The predicted octanol–water partition coefficient (Wildman–Crippen LogP) is 3.89. The second kappa shape index (κ2) is 8.07. The van der Waals surface area contributed by atoms with Crippen LogP contribution < -0.4 is 14.8 Å². The van der Waals surface area contributed by atoms with Crippen molar-refractivity contribution in [2.24, 2.45) is 0 Å². The van der Waals surface area contributed by atoms with Crippen LogP contribution in [0.2, 0.25) is 0 Å². The molecule has 31 heavy (non-hydrogen) atoms. The van der Waals surface area contributed by atoms with E-state index in [0.717, 1.165) is 28.6 Å². The van der Waals surface area contributed by atoms with Crippen LogP contribution >= 0.6 is 11.8 Å². The van der Waals surface area contributed by atoms with Crippen LogP contribution in [0.3, 0.4) is 0 Å². The van der Waals surface area contributed by atoms with Crippen LogP contribution in [0.4, 0.5) is 5.69 Å². The van der Waals surface area contributed by atoms with Crippen molar-refractivity contribution >= 4 is 45.4 Å². The lowest BCUT2D eigenvalue weighted by atomic mass is 10.2. The molecule has 0 radical (unpaired) electrons. The summed E-state index contributed by atoms with van der Waals surface area (Å²) in [6.45, 7) is 5.69. The maximum Gasteiger partial charge on any atom is 0.237 e. The molecule has 0 saturated carbocycles. The molecule has 8 nitrogen and oxygen atoms in total. The molecule has 1 aliphatic rings. The number of hydrogen-bond acceptors (Lipinski definition) is 7. The summed E-state index contributed by atoms with van der Waals surface area (Å²) in [4.78, 5) is 17.4. The normalized spacial score (nSPS) is 14.0. The number of fused-ring (bicyclic) bond motifs is 4. The third-order valence-corrected chi connectivity index (χ3v) is 6.08. The second-order valence-corrected chi connectivity index (χ2v) is 8.44. The van der Waals surface area contributed by atoms with Gasteiger partial charge in [-0.05, 0) is 32.0 Å². The van der Waals surface area contributed by atoms with Gasteiger partial charge >= 0.3 is 0 Å². The van der Waals surface area contributed by atoms with E-state index in [2.05, 4.69) is 33.1 Å². The summed E-state index contributed by atoms with van der Waals surface area (Å²) < 4.78 is 13.2. The van der Waals surface area contributed by atoms with E-state index < -0.39 is 5.25 Å². The van der Waals surface area contributed by atoms with Gasteiger partial charge < -0.3 is 19.4 Å². The highest BCUT2D eigenvalue weighted by Gasteiger charge is 2.20. The van der Waals surface area contributed by atoms with Crippen LogP contribution in [0.15, 0.2) is 47.6 Å². The van der Waals surface area contributed by atoms with Crippen molar-refractivity contribution in [3.8, 4) is 11.5 Å². The lowest BCUT2D eigenvalue weighted by molar-refractivity contribution is -0.115. The van der Waals surface area contributed by atoms with Crippen molar-refractivity contribution in [3.05, 3.63) is 42.5 Å². The Hall–Kier alpha value is -3.33. The van der Waals surface area contributed by atoms with Gasteiger partial charge in [-0.1, -0.05) is 30.0 Å². The zero-order valence-corrected chi connectivity index (χ0v) is 18.0. The number of amides is 1. The fourth-order valence-electron chi connectivity index (χ4n) is 3.64. The molecule has 4 aromatic rings. The molecule has 1 atom stereocenters. The summed E-state index contributed by atoms with van der Waals surface area (Å²) in [5.41, 5.74) is 3.28. The SMILES string of the molecule is CCn1c2ccccc2c2nnc(SC(C)C(=O)Nc3ccc4c(c3)OCCO4)nc21.